The average Bonchev–Trinajstić information content (AvgIpc) is 2.98. The zero-order valence-corrected chi connectivity index (χ0v) is 10.9. The van der Waals surface area contributed by atoms with Gasteiger partial charge in [0.25, 0.3) is 0 Å². The Kier molecular flexibility index (Phi) is 4.09. The van der Waals surface area contributed by atoms with Gasteiger partial charge < -0.3 is 19.3 Å². The lowest BCUT2D eigenvalue weighted by Gasteiger charge is -2.28. The van der Waals surface area contributed by atoms with Gasteiger partial charge in [0, 0.05) is 25.2 Å². The summed E-state index contributed by atoms with van der Waals surface area (Å²) in [4.78, 5) is 26.3. The van der Waals surface area contributed by atoms with Crippen molar-refractivity contribution in [2.24, 2.45) is 0 Å². The molecule has 1 aliphatic heterocycles. The van der Waals surface area contributed by atoms with Crippen LogP contribution in [0.2, 0.25) is 0 Å². The molecule has 1 aliphatic rings. The van der Waals surface area contributed by atoms with Crippen LogP contribution in [0, 0.1) is 0 Å². The SMILES string of the molecule is CN(Cc1ccoc1)C(=O)N1CCCC1CC(=O)O. The van der Waals surface area contributed by atoms with E-state index >= 15 is 0 Å². The second-order valence-corrected chi connectivity index (χ2v) is 4.86. The third kappa shape index (κ3) is 3.27. The van der Waals surface area contributed by atoms with Gasteiger partial charge in [0.05, 0.1) is 25.5 Å². The van der Waals surface area contributed by atoms with Gasteiger partial charge in [-0.1, -0.05) is 0 Å². The van der Waals surface area contributed by atoms with E-state index in [-0.39, 0.29) is 18.5 Å². The first-order valence-corrected chi connectivity index (χ1v) is 6.32. The number of carbonyl (C=O) groups is 2. The minimum Gasteiger partial charge on any atom is -0.481 e. The topological polar surface area (TPSA) is 74.0 Å². The second kappa shape index (κ2) is 5.77. The first-order valence-electron chi connectivity index (χ1n) is 6.32. The fourth-order valence-electron chi connectivity index (χ4n) is 2.44. The van der Waals surface area contributed by atoms with Crippen molar-refractivity contribution in [3.63, 3.8) is 0 Å². The van der Waals surface area contributed by atoms with Gasteiger partial charge in [-0.15, -0.1) is 0 Å². The monoisotopic (exact) mass is 266 g/mol. The van der Waals surface area contributed by atoms with Crippen LogP contribution in [-0.4, -0.2) is 46.5 Å². The summed E-state index contributed by atoms with van der Waals surface area (Å²) in [6.07, 6.45) is 4.81. The molecule has 19 heavy (non-hydrogen) atoms. The summed E-state index contributed by atoms with van der Waals surface area (Å²) in [6.45, 7) is 1.10. The lowest BCUT2D eigenvalue weighted by molar-refractivity contribution is -0.138. The molecule has 0 saturated carbocycles. The highest BCUT2D eigenvalue weighted by atomic mass is 16.4. The van der Waals surface area contributed by atoms with Crippen molar-refractivity contribution in [2.75, 3.05) is 13.6 Å². The maximum atomic E-state index is 12.3. The fourth-order valence-corrected chi connectivity index (χ4v) is 2.44. The third-order valence-corrected chi connectivity index (χ3v) is 3.36. The number of likely N-dealkylation sites (tertiary alicyclic amines) is 1. The van der Waals surface area contributed by atoms with E-state index < -0.39 is 5.97 Å². The summed E-state index contributed by atoms with van der Waals surface area (Å²) in [7, 11) is 1.71. The molecule has 2 amide bonds. The lowest BCUT2D eigenvalue weighted by Crippen LogP contribution is -2.44. The maximum Gasteiger partial charge on any atom is 0.320 e. The summed E-state index contributed by atoms with van der Waals surface area (Å²) in [5.41, 5.74) is 0.921. The molecule has 1 unspecified atom stereocenters. The Labute approximate surface area is 111 Å². The van der Waals surface area contributed by atoms with Crippen molar-refractivity contribution < 1.29 is 19.1 Å². The molecule has 0 aromatic carbocycles. The standard InChI is InChI=1S/C13H18N2O4/c1-14(8-10-4-6-19-9-10)13(18)15-5-2-3-11(15)7-12(16)17/h4,6,9,11H,2-3,5,7-8H2,1H3,(H,16,17). The maximum absolute atomic E-state index is 12.3. The summed E-state index contributed by atoms with van der Waals surface area (Å²) >= 11 is 0. The predicted octanol–water partition coefficient (Wildman–Crippen LogP) is 1.77. The molecule has 0 bridgehead atoms. The molecule has 0 aliphatic carbocycles. The highest BCUT2D eigenvalue weighted by Gasteiger charge is 2.31. The van der Waals surface area contributed by atoms with Crippen LogP contribution < -0.4 is 0 Å². The molecule has 0 spiro atoms. The van der Waals surface area contributed by atoms with Gasteiger partial charge in [-0.05, 0) is 18.9 Å². The zero-order chi connectivity index (χ0) is 13.8. The number of nitrogens with zero attached hydrogens (tertiary/aromatic N) is 2. The van der Waals surface area contributed by atoms with Gasteiger partial charge >= 0.3 is 12.0 Å². The number of furan rings is 1. The minimum atomic E-state index is -0.859. The normalized spacial score (nSPS) is 18.6. The molecular formula is C13H18N2O4. The summed E-state index contributed by atoms with van der Waals surface area (Å²) < 4.78 is 4.97. The van der Waals surface area contributed by atoms with E-state index in [2.05, 4.69) is 0 Å². The molecule has 104 valence electrons. The Morgan fingerprint density at radius 2 is 2.37 bits per heavy atom. The molecule has 1 atom stereocenters. The summed E-state index contributed by atoms with van der Waals surface area (Å²) in [6, 6.07) is 1.50. The number of hydrogen-bond acceptors (Lipinski definition) is 3. The van der Waals surface area contributed by atoms with Crippen LogP contribution in [0.3, 0.4) is 0 Å². The van der Waals surface area contributed by atoms with E-state index in [1.54, 1.807) is 29.4 Å². The molecule has 2 heterocycles. The van der Waals surface area contributed by atoms with Crippen LogP contribution in [0.1, 0.15) is 24.8 Å². The second-order valence-electron chi connectivity index (χ2n) is 4.86. The highest BCUT2D eigenvalue weighted by Crippen LogP contribution is 2.22. The Balaban J connectivity index is 1.95. The van der Waals surface area contributed by atoms with Crippen LogP contribution in [0.25, 0.3) is 0 Å². The third-order valence-electron chi connectivity index (χ3n) is 3.36. The summed E-state index contributed by atoms with van der Waals surface area (Å²) in [5.74, 6) is -0.859. The van der Waals surface area contributed by atoms with Gasteiger partial charge in [0.15, 0.2) is 0 Å². The van der Waals surface area contributed by atoms with Gasteiger partial charge in [-0.3, -0.25) is 4.79 Å². The Morgan fingerprint density at radius 1 is 1.58 bits per heavy atom. The quantitative estimate of drug-likeness (QED) is 0.901. The van der Waals surface area contributed by atoms with Crippen LogP contribution >= 0.6 is 0 Å². The number of urea groups is 1. The summed E-state index contributed by atoms with van der Waals surface area (Å²) in [5, 5.41) is 8.86. The van der Waals surface area contributed by atoms with Crippen LogP contribution in [0.15, 0.2) is 23.0 Å². The van der Waals surface area contributed by atoms with E-state index in [9.17, 15) is 9.59 Å². The number of carboxylic acid groups (broad SMARTS) is 1. The molecule has 1 aromatic rings. The Bertz CT molecular complexity index is 444. The predicted molar refractivity (Wildman–Crippen MR) is 67.6 cm³/mol. The van der Waals surface area contributed by atoms with Gasteiger partial charge in [-0.25, -0.2) is 4.79 Å². The minimum absolute atomic E-state index is 0.0191. The van der Waals surface area contributed by atoms with Crippen molar-refractivity contribution in [1.29, 1.82) is 0 Å². The van der Waals surface area contributed by atoms with Crippen LogP contribution in [-0.2, 0) is 11.3 Å². The molecule has 2 rings (SSSR count). The van der Waals surface area contributed by atoms with E-state index in [0.29, 0.717) is 13.1 Å². The van der Waals surface area contributed by atoms with Gasteiger partial charge in [-0.2, -0.15) is 0 Å². The number of carboxylic acids is 1. The van der Waals surface area contributed by atoms with Crippen molar-refractivity contribution in [2.45, 2.75) is 31.8 Å². The van der Waals surface area contributed by atoms with Crippen LogP contribution in [0.5, 0.6) is 0 Å². The number of hydrogen-bond donors (Lipinski definition) is 1. The molecular weight excluding hydrogens is 248 g/mol. The molecule has 6 heteroatoms. The van der Waals surface area contributed by atoms with Gasteiger partial charge in [0.1, 0.15) is 0 Å². The van der Waals surface area contributed by atoms with Crippen molar-refractivity contribution in [3.05, 3.63) is 24.2 Å². The highest BCUT2D eigenvalue weighted by molar-refractivity contribution is 5.76. The molecule has 1 fully saturated rings. The number of rotatable bonds is 4. The molecule has 0 radical (unpaired) electrons. The first kappa shape index (κ1) is 13.5. The van der Waals surface area contributed by atoms with Crippen LogP contribution in [0.4, 0.5) is 4.79 Å². The Morgan fingerprint density at radius 3 is 3.00 bits per heavy atom. The van der Waals surface area contributed by atoms with E-state index in [1.807, 2.05) is 6.07 Å². The molecule has 1 aromatic heterocycles. The van der Waals surface area contributed by atoms with Crippen molar-refractivity contribution in [3.8, 4) is 0 Å². The first-order chi connectivity index (χ1) is 9.08. The zero-order valence-electron chi connectivity index (χ0n) is 10.9. The number of carbonyl (C=O) groups excluding carboxylic acids is 1. The average molecular weight is 266 g/mol. The van der Waals surface area contributed by atoms with Crippen molar-refractivity contribution >= 4 is 12.0 Å². The molecule has 1 saturated heterocycles. The number of aliphatic carboxylic acids is 1. The van der Waals surface area contributed by atoms with E-state index in [1.165, 1.54) is 0 Å². The number of amides is 2. The van der Waals surface area contributed by atoms with E-state index in [4.69, 9.17) is 9.52 Å². The van der Waals surface area contributed by atoms with Crippen molar-refractivity contribution in [1.82, 2.24) is 9.80 Å². The fraction of sp³-hybridized carbons (Fsp3) is 0.538. The van der Waals surface area contributed by atoms with Gasteiger partial charge in [0.2, 0.25) is 0 Å². The smallest absolute Gasteiger partial charge is 0.320 e. The lowest BCUT2D eigenvalue weighted by atomic mass is 10.1. The molecule has 1 N–H and O–H groups in total. The largest absolute Gasteiger partial charge is 0.481 e. The molecule has 6 nitrogen and oxygen atoms in total. The Hall–Kier alpha value is -1.98. The van der Waals surface area contributed by atoms with E-state index in [0.717, 1.165) is 18.4 Å².